The predicted octanol–water partition coefficient (Wildman–Crippen LogP) is 3.66. The molecule has 1 aromatic carbocycles. The number of fused-ring (bicyclic) bond motifs is 1. The van der Waals surface area contributed by atoms with Crippen LogP contribution in [-0.4, -0.2) is 76.1 Å². The summed E-state index contributed by atoms with van der Waals surface area (Å²) in [6, 6.07) is 13.2. The number of likely N-dealkylation sites (tertiary alicyclic amines) is 1. The minimum absolute atomic E-state index is 0.0393. The van der Waals surface area contributed by atoms with Crippen molar-refractivity contribution in [3.63, 3.8) is 0 Å². The SMILES string of the molecule is COCC1=C([C@H](O)CC/C(=C/c2ccc(CO)o2)c2ccccc2)[C@H](CO)[C@@H]2C(=O)N(CCCCCC(=O)O)C(=O)[C@@H]2C1. The first-order chi connectivity index (χ1) is 20.8. The molecule has 1 aromatic heterocycles. The number of imide groups is 1. The first-order valence-electron chi connectivity index (χ1n) is 14.8. The van der Waals surface area contributed by atoms with Crippen LogP contribution in [0, 0.1) is 17.8 Å². The lowest BCUT2D eigenvalue weighted by atomic mass is 9.68. The Hall–Kier alpha value is -3.57. The molecule has 2 aliphatic rings. The van der Waals surface area contributed by atoms with Crippen molar-refractivity contribution in [1.29, 1.82) is 0 Å². The van der Waals surface area contributed by atoms with E-state index in [0.717, 1.165) is 16.7 Å². The van der Waals surface area contributed by atoms with Crippen molar-refractivity contribution in [2.75, 3.05) is 26.9 Å². The maximum atomic E-state index is 13.5. The number of unbranched alkanes of at least 4 members (excludes halogenated alkanes) is 2. The minimum Gasteiger partial charge on any atom is -0.481 e. The summed E-state index contributed by atoms with van der Waals surface area (Å²) in [6.45, 7) is -0.238. The summed E-state index contributed by atoms with van der Waals surface area (Å²) in [7, 11) is 1.53. The van der Waals surface area contributed by atoms with Crippen LogP contribution in [-0.2, 0) is 25.7 Å². The average Bonchev–Trinajstić information content (AvgIpc) is 3.56. The summed E-state index contributed by atoms with van der Waals surface area (Å²) in [4.78, 5) is 38.9. The van der Waals surface area contributed by atoms with Crippen molar-refractivity contribution < 1.29 is 44.0 Å². The van der Waals surface area contributed by atoms with Crippen LogP contribution in [0.3, 0.4) is 0 Å². The van der Waals surface area contributed by atoms with Gasteiger partial charge in [0.2, 0.25) is 11.8 Å². The van der Waals surface area contributed by atoms with E-state index in [1.165, 1.54) is 12.0 Å². The van der Waals surface area contributed by atoms with Crippen molar-refractivity contribution in [2.45, 2.75) is 57.7 Å². The number of aliphatic carboxylic acids is 1. The fourth-order valence-electron chi connectivity index (χ4n) is 6.40. The van der Waals surface area contributed by atoms with Gasteiger partial charge in [0.1, 0.15) is 18.1 Å². The van der Waals surface area contributed by atoms with E-state index in [-0.39, 0.29) is 44.4 Å². The Kier molecular flexibility index (Phi) is 11.5. The number of carbonyl (C=O) groups excluding carboxylic acids is 2. The molecule has 1 fully saturated rings. The van der Waals surface area contributed by atoms with Gasteiger partial charge in [0.05, 0.1) is 31.2 Å². The van der Waals surface area contributed by atoms with Crippen LogP contribution in [0.2, 0.25) is 0 Å². The van der Waals surface area contributed by atoms with E-state index in [4.69, 9.17) is 14.3 Å². The lowest BCUT2D eigenvalue weighted by Crippen LogP contribution is -2.39. The van der Waals surface area contributed by atoms with Gasteiger partial charge in [0.15, 0.2) is 0 Å². The number of aliphatic hydroxyl groups excluding tert-OH is 3. The highest BCUT2D eigenvalue weighted by molar-refractivity contribution is 6.05. The third kappa shape index (κ3) is 7.69. The standard InChI is InChI=1S/C33H41NO9/c1-42-20-23-17-26-31(33(41)34(32(26)40)15-7-3-6-10-29(38)39)27(19-36)30(23)28(37)14-11-22(21-8-4-2-5-9-21)16-24-12-13-25(18-35)43-24/h2,4-5,8-9,12-13,16,26-28,31,35-37H,3,6-7,10-11,14-15,17-20H2,1H3,(H,38,39)/b22-16-/t26-,27+,28-,31-/m1/s1. The van der Waals surface area contributed by atoms with Gasteiger partial charge in [0, 0.05) is 26.0 Å². The monoisotopic (exact) mass is 595 g/mol. The number of hydrogen-bond donors (Lipinski definition) is 4. The summed E-state index contributed by atoms with van der Waals surface area (Å²) < 4.78 is 11.1. The number of allylic oxidation sites excluding steroid dienone is 1. The van der Waals surface area contributed by atoms with Gasteiger partial charge >= 0.3 is 5.97 Å². The number of carboxylic acid groups (broad SMARTS) is 1. The van der Waals surface area contributed by atoms with Crippen molar-refractivity contribution in [2.24, 2.45) is 17.8 Å². The molecule has 232 valence electrons. The number of nitrogens with zero attached hydrogens (tertiary/aromatic N) is 1. The highest BCUT2D eigenvalue weighted by Crippen LogP contribution is 2.46. The van der Waals surface area contributed by atoms with E-state index in [1.807, 2.05) is 36.4 Å². The summed E-state index contributed by atoms with van der Waals surface area (Å²) in [5, 5.41) is 40.4. The molecule has 4 atom stereocenters. The van der Waals surface area contributed by atoms with Crippen LogP contribution in [0.25, 0.3) is 11.6 Å². The zero-order valence-corrected chi connectivity index (χ0v) is 24.5. The molecule has 2 heterocycles. The Balaban J connectivity index is 1.54. The first kappa shape index (κ1) is 32.3. The van der Waals surface area contributed by atoms with Crippen LogP contribution < -0.4 is 0 Å². The first-order valence-corrected chi connectivity index (χ1v) is 14.8. The van der Waals surface area contributed by atoms with E-state index in [0.29, 0.717) is 49.2 Å². The van der Waals surface area contributed by atoms with Gasteiger partial charge < -0.3 is 29.6 Å². The van der Waals surface area contributed by atoms with Gasteiger partial charge in [-0.05, 0) is 72.6 Å². The second-order valence-electron chi connectivity index (χ2n) is 11.2. The van der Waals surface area contributed by atoms with Crippen molar-refractivity contribution >= 4 is 29.4 Å². The van der Waals surface area contributed by atoms with Crippen LogP contribution in [0.4, 0.5) is 0 Å². The van der Waals surface area contributed by atoms with E-state index < -0.39 is 36.4 Å². The summed E-state index contributed by atoms with van der Waals surface area (Å²) in [5.41, 5.74) is 3.13. The number of aliphatic hydroxyl groups is 3. The summed E-state index contributed by atoms with van der Waals surface area (Å²) >= 11 is 0. The smallest absolute Gasteiger partial charge is 0.303 e. The fraction of sp³-hybridized carbons (Fsp3) is 0.485. The van der Waals surface area contributed by atoms with Crippen molar-refractivity contribution in [1.82, 2.24) is 4.90 Å². The maximum Gasteiger partial charge on any atom is 0.303 e. The number of carboxylic acids is 1. The highest BCUT2D eigenvalue weighted by atomic mass is 16.5. The maximum absolute atomic E-state index is 13.5. The van der Waals surface area contributed by atoms with E-state index >= 15 is 0 Å². The summed E-state index contributed by atoms with van der Waals surface area (Å²) in [6.07, 6.45) is 3.48. The third-order valence-corrected chi connectivity index (χ3v) is 8.41. The highest BCUT2D eigenvalue weighted by Gasteiger charge is 2.54. The molecule has 0 radical (unpaired) electrons. The average molecular weight is 596 g/mol. The van der Waals surface area contributed by atoms with E-state index in [1.54, 1.807) is 12.1 Å². The Bertz CT molecular complexity index is 1330. The van der Waals surface area contributed by atoms with Gasteiger partial charge in [-0.25, -0.2) is 0 Å². The molecule has 1 aliphatic heterocycles. The number of benzene rings is 1. The molecular weight excluding hydrogens is 554 g/mol. The Labute approximate surface area is 251 Å². The molecule has 10 heteroatoms. The van der Waals surface area contributed by atoms with Gasteiger partial charge in [-0.15, -0.1) is 0 Å². The Morgan fingerprint density at radius 1 is 1.07 bits per heavy atom. The van der Waals surface area contributed by atoms with Crippen molar-refractivity contribution in [3.05, 3.63) is 70.7 Å². The number of amides is 2. The zero-order chi connectivity index (χ0) is 30.9. The number of hydrogen-bond acceptors (Lipinski definition) is 8. The molecule has 10 nitrogen and oxygen atoms in total. The molecule has 0 saturated carbocycles. The van der Waals surface area contributed by atoms with Crippen LogP contribution >= 0.6 is 0 Å². The third-order valence-electron chi connectivity index (χ3n) is 8.41. The predicted molar refractivity (Wildman–Crippen MR) is 158 cm³/mol. The number of ether oxygens (including phenoxy) is 1. The molecule has 1 saturated heterocycles. The Morgan fingerprint density at radius 2 is 1.84 bits per heavy atom. The van der Waals surface area contributed by atoms with Gasteiger partial charge in [0.25, 0.3) is 0 Å². The minimum atomic E-state index is -0.993. The molecular formula is C33H41NO9. The number of rotatable bonds is 16. The van der Waals surface area contributed by atoms with Gasteiger partial charge in [-0.2, -0.15) is 0 Å². The van der Waals surface area contributed by atoms with Gasteiger partial charge in [-0.1, -0.05) is 36.8 Å². The summed E-state index contributed by atoms with van der Waals surface area (Å²) in [5.74, 6) is -2.64. The van der Waals surface area contributed by atoms with Gasteiger partial charge in [-0.3, -0.25) is 19.3 Å². The number of furan rings is 1. The molecule has 0 spiro atoms. The van der Waals surface area contributed by atoms with Crippen LogP contribution in [0.15, 0.2) is 58.0 Å². The number of methoxy groups -OCH3 is 1. The molecule has 4 N–H and O–H groups in total. The lowest BCUT2D eigenvalue weighted by Gasteiger charge is -2.36. The van der Waals surface area contributed by atoms with E-state index in [2.05, 4.69) is 0 Å². The van der Waals surface area contributed by atoms with Crippen LogP contribution in [0.5, 0.6) is 0 Å². The molecule has 43 heavy (non-hydrogen) atoms. The fourth-order valence-corrected chi connectivity index (χ4v) is 6.40. The number of carbonyl (C=O) groups is 3. The molecule has 2 amide bonds. The van der Waals surface area contributed by atoms with Crippen molar-refractivity contribution in [3.8, 4) is 0 Å². The normalized spacial score (nSPS) is 21.4. The lowest BCUT2D eigenvalue weighted by molar-refractivity contribution is -0.141. The molecule has 1 aliphatic carbocycles. The van der Waals surface area contributed by atoms with Crippen LogP contribution in [0.1, 0.15) is 62.0 Å². The second kappa shape index (κ2) is 15.2. The molecule has 0 bridgehead atoms. The second-order valence-corrected chi connectivity index (χ2v) is 11.2. The topological polar surface area (TPSA) is 158 Å². The van der Waals surface area contributed by atoms with E-state index in [9.17, 15) is 29.7 Å². The molecule has 2 aromatic rings. The quantitative estimate of drug-likeness (QED) is 0.129. The Morgan fingerprint density at radius 3 is 2.49 bits per heavy atom. The largest absolute Gasteiger partial charge is 0.481 e. The molecule has 0 unspecified atom stereocenters. The zero-order valence-electron chi connectivity index (χ0n) is 24.5. The molecule has 4 rings (SSSR count).